The minimum atomic E-state index is -3.56. The molecule has 0 aromatic heterocycles. The summed E-state index contributed by atoms with van der Waals surface area (Å²) in [5, 5.41) is 2.96. The van der Waals surface area contributed by atoms with Crippen molar-refractivity contribution in [3.05, 3.63) is 59.7 Å². The number of hydrogen-bond donors (Lipinski definition) is 1. The predicted octanol–water partition coefficient (Wildman–Crippen LogP) is 2.68. The topological polar surface area (TPSA) is 101 Å². The third kappa shape index (κ3) is 5.53. The van der Waals surface area contributed by atoms with Crippen molar-refractivity contribution in [1.82, 2.24) is 9.62 Å². The number of piperidine rings is 1. The lowest BCUT2D eigenvalue weighted by Crippen LogP contribution is -2.43. The van der Waals surface area contributed by atoms with Gasteiger partial charge in [0.2, 0.25) is 15.9 Å². The van der Waals surface area contributed by atoms with Crippen molar-refractivity contribution in [2.45, 2.75) is 42.5 Å². The van der Waals surface area contributed by atoms with Crippen LogP contribution >= 0.6 is 0 Å². The molecule has 9 heteroatoms. The van der Waals surface area contributed by atoms with Crippen molar-refractivity contribution >= 4 is 25.8 Å². The van der Waals surface area contributed by atoms with Crippen LogP contribution in [0.1, 0.15) is 36.9 Å². The molecule has 1 heterocycles. The molecule has 7 nitrogen and oxygen atoms in total. The van der Waals surface area contributed by atoms with E-state index in [2.05, 4.69) is 5.32 Å². The molecule has 0 bridgehead atoms. The van der Waals surface area contributed by atoms with Gasteiger partial charge >= 0.3 is 0 Å². The summed E-state index contributed by atoms with van der Waals surface area (Å²) >= 11 is 0. The van der Waals surface area contributed by atoms with Gasteiger partial charge in [0.1, 0.15) is 0 Å². The highest BCUT2D eigenvalue weighted by Gasteiger charge is 2.32. The molecule has 1 aliphatic rings. The van der Waals surface area contributed by atoms with Crippen molar-refractivity contribution in [1.29, 1.82) is 0 Å². The number of hydrogen-bond acceptors (Lipinski definition) is 5. The number of carbonyl (C=O) groups is 1. The van der Waals surface area contributed by atoms with Crippen LogP contribution in [0.2, 0.25) is 0 Å². The Labute approximate surface area is 184 Å². The third-order valence-electron chi connectivity index (χ3n) is 5.65. The average Bonchev–Trinajstić information content (AvgIpc) is 2.73. The molecule has 1 amide bonds. The zero-order valence-corrected chi connectivity index (χ0v) is 19.5. The van der Waals surface area contributed by atoms with Crippen LogP contribution in [-0.4, -0.2) is 46.4 Å². The van der Waals surface area contributed by atoms with Crippen LogP contribution in [0.5, 0.6) is 0 Å². The molecule has 0 unspecified atom stereocenters. The molecular weight excluding hydrogens is 436 g/mol. The maximum Gasteiger partial charge on any atom is 0.243 e. The van der Waals surface area contributed by atoms with Gasteiger partial charge in [-0.3, -0.25) is 4.79 Å². The second kappa shape index (κ2) is 9.10. The second-order valence-corrected chi connectivity index (χ2v) is 12.0. The van der Waals surface area contributed by atoms with Crippen LogP contribution in [0.4, 0.5) is 0 Å². The molecule has 0 radical (unpaired) electrons. The van der Waals surface area contributed by atoms with Crippen molar-refractivity contribution < 1.29 is 21.6 Å². The monoisotopic (exact) mass is 464 g/mol. The summed E-state index contributed by atoms with van der Waals surface area (Å²) in [6.07, 6.45) is 2.06. The van der Waals surface area contributed by atoms with Gasteiger partial charge in [-0.25, -0.2) is 16.8 Å². The van der Waals surface area contributed by atoms with Crippen molar-refractivity contribution in [3.8, 4) is 0 Å². The van der Waals surface area contributed by atoms with E-state index in [1.165, 1.54) is 16.4 Å². The summed E-state index contributed by atoms with van der Waals surface area (Å²) in [5.41, 5.74) is 1.80. The van der Waals surface area contributed by atoms with E-state index in [9.17, 15) is 21.6 Å². The molecule has 2 aromatic rings. The summed E-state index contributed by atoms with van der Waals surface area (Å²) in [7, 11) is -6.82. The summed E-state index contributed by atoms with van der Waals surface area (Å²) in [4.78, 5) is 13.2. The maximum atomic E-state index is 12.8. The van der Waals surface area contributed by atoms with Crippen LogP contribution in [0.25, 0.3) is 0 Å². The highest BCUT2D eigenvalue weighted by Crippen LogP contribution is 2.25. The van der Waals surface area contributed by atoms with Crippen LogP contribution in [0.3, 0.4) is 0 Å². The van der Waals surface area contributed by atoms with Gasteiger partial charge < -0.3 is 5.32 Å². The summed E-state index contributed by atoms with van der Waals surface area (Å²) in [6, 6.07) is 12.9. The summed E-state index contributed by atoms with van der Waals surface area (Å²) in [6.45, 7) is 4.34. The fourth-order valence-electron chi connectivity index (χ4n) is 3.64. The number of aryl methyl sites for hydroxylation is 1. The first-order valence-electron chi connectivity index (χ1n) is 10.2. The molecule has 0 aliphatic carbocycles. The van der Waals surface area contributed by atoms with E-state index >= 15 is 0 Å². The van der Waals surface area contributed by atoms with Gasteiger partial charge in [0.25, 0.3) is 0 Å². The molecule has 1 aliphatic heterocycles. The zero-order valence-electron chi connectivity index (χ0n) is 17.9. The molecule has 1 fully saturated rings. The van der Waals surface area contributed by atoms with E-state index in [0.29, 0.717) is 25.9 Å². The molecule has 3 rings (SSSR count). The lowest BCUT2D eigenvalue weighted by Gasteiger charge is -2.31. The molecule has 1 N–H and O–H groups in total. The molecular formula is C22H28N2O5S2. The number of rotatable bonds is 6. The zero-order chi connectivity index (χ0) is 22.8. The Balaban J connectivity index is 1.58. The third-order valence-corrected chi connectivity index (χ3v) is 8.69. The van der Waals surface area contributed by atoms with E-state index in [1.807, 2.05) is 13.8 Å². The fraction of sp³-hybridized carbons (Fsp3) is 0.409. The minimum absolute atomic E-state index is 0.118. The molecule has 31 heavy (non-hydrogen) atoms. The predicted molar refractivity (Wildman–Crippen MR) is 119 cm³/mol. The molecule has 0 saturated carbocycles. The van der Waals surface area contributed by atoms with Gasteiger partial charge in [0.15, 0.2) is 9.84 Å². The number of nitrogens with zero attached hydrogens (tertiary/aromatic N) is 1. The fourth-order valence-corrected chi connectivity index (χ4v) is 5.74. The van der Waals surface area contributed by atoms with E-state index in [-0.39, 0.29) is 27.7 Å². The van der Waals surface area contributed by atoms with Gasteiger partial charge in [-0.2, -0.15) is 4.31 Å². The van der Waals surface area contributed by atoms with Gasteiger partial charge in [-0.05, 0) is 56.5 Å². The van der Waals surface area contributed by atoms with Gasteiger partial charge in [0, 0.05) is 25.3 Å². The Morgan fingerprint density at radius 1 is 0.935 bits per heavy atom. The largest absolute Gasteiger partial charge is 0.349 e. The van der Waals surface area contributed by atoms with E-state index in [4.69, 9.17) is 0 Å². The number of sulfonamides is 1. The van der Waals surface area contributed by atoms with Crippen LogP contribution < -0.4 is 5.32 Å². The van der Waals surface area contributed by atoms with Crippen LogP contribution in [0.15, 0.2) is 58.3 Å². The Morgan fingerprint density at radius 3 is 1.97 bits per heavy atom. The van der Waals surface area contributed by atoms with E-state index in [1.54, 1.807) is 36.4 Å². The Bertz CT molecular complexity index is 1130. The number of amides is 1. The highest BCUT2D eigenvalue weighted by atomic mass is 32.2. The molecule has 2 aromatic carbocycles. The first-order valence-corrected chi connectivity index (χ1v) is 13.5. The summed E-state index contributed by atoms with van der Waals surface area (Å²) in [5.74, 6) is -0.380. The standard InChI is InChI=1S/C22H28N2O5S2/c1-16-4-8-21(9-5-16)31(28,29)24-14-12-19(13-15-24)22(25)23-17(2)18-6-10-20(11-7-18)30(3,26)27/h4-11,17,19H,12-15H2,1-3H3,(H,23,25)/t17-/m0/s1. The Kier molecular flexibility index (Phi) is 6.88. The maximum absolute atomic E-state index is 12.8. The molecule has 1 saturated heterocycles. The smallest absolute Gasteiger partial charge is 0.243 e. The summed E-state index contributed by atoms with van der Waals surface area (Å²) < 4.78 is 50.2. The SMILES string of the molecule is Cc1ccc(S(=O)(=O)N2CCC(C(=O)N[C@@H](C)c3ccc(S(C)(=O)=O)cc3)CC2)cc1. The Morgan fingerprint density at radius 2 is 1.45 bits per heavy atom. The minimum Gasteiger partial charge on any atom is -0.349 e. The number of carbonyl (C=O) groups excluding carboxylic acids is 1. The number of sulfone groups is 1. The first-order chi connectivity index (χ1) is 14.5. The Hall–Kier alpha value is -2.23. The highest BCUT2D eigenvalue weighted by molar-refractivity contribution is 7.90. The normalized spacial score (nSPS) is 17.3. The average molecular weight is 465 g/mol. The molecule has 0 spiro atoms. The van der Waals surface area contributed by atoms with E-state index in [0.717, 1.165) is 17.4 Å². The van der Waals surface area contributed by atoms with Gasteiger partial charge in [0.05, 0.1) is 15.8 Å². The van der Waals surface area contributed by atoms with Crippen molar-refractivity contribution in [2.24, 2.45) is 5.92 Å². The molecule has 168 valence electrons. The number of benzene rings is 2. The van der Waals surface area contributed by atoms with Crippen molar-refractivity contribution in [3.63, 3.8) is 0 Å². The second-order valence-electron chi connectivity index (χ2n) is 8.06. The first kappa shape index (κ1) is 23.4. The lowest BCUT2D eigenvalue weighted by molar-refractivity contribution is -0.126. The van der Waals surface area contributed by atoms with Crippen molar-refractivity contribution in [2.75, 3.05) is 19.3 Å². The molecule has 1 atom stereocenters. The van der Waals surface area contributed by atoms with Crippen LogP contribution in [0, 0.1) is 12.8 Å². The van der Waals surface area contributed by atoms with Gasteiger partial charge in [-0.15, -0.1) is 0 Å². The lowest BCUT2D eigenvalue weighted by atomic mass is 9.96. The van der Waals surface area contributed by atoms with Gasteiger partial charge in [-0.1, -0.05) is 29.8 Å². The van der Waals surface area contributed by atoms with E-state index < -0.39 is 19.9 Å². The number of nitrogens with one attached hydrogen (secondary N) is 1. The quantitative estimate of drug-likeness (QED) is 0.708. The van der Waals surface area contributed by atoms with Crippen LogP contribution in [-0.2, 0) is 24.7 Å².